The molecule has 8 nitrogen and oxygen atoms in total. The molecule has 2 fully saturated rings. The van der Waals surface area contributed by atoms with Gasteiger partial charge in [-0.15, -0.1) is 0 Å². The molecule has 2 aliphatic rings. The molecule has 0 bridgehead atoms. The SMILES string of the molecule is COCCCOc1cc(CC(=O)N(C(C)C)[C@@H]2CCCNC2)ccc1-c1cc(C(=O)N2CCC(C)(O)CC2)ccc1F. The number of amides is 2. The normalized spacial score (nSPS) is 18.6. The monoisotopic (exact) mass is 583 g/mol. The lowest BCUT2D eigenvalue weighted by Gasteiger charge is -2.37. The Morgan fingerprint density at radius 2 is 1.90 bits per heavy atom. The largest absolute Gasteiger partial charge is 0.493 e. The smallest absolute Gasteiger partial charge is 0.253 e. The topological polar surface area (TPSA) is 91.3 Å². The number of piperidine rings is 2. The summed E-state index contributed by atoms with van der Waals surface area (Å²) in [5.74, 6) is -0.141. The van der Waals surface area contributed by atoms with Crippen molar-refractivity contribution in [1.82, 2.24) is 15.1 Å². The van der Waals surface area contributed by atoms with Gasteiger partial charge in [0.25, 0.3) is 5.91 Å². The van der Waals surface area contributed by atoms with E-state index in [1.54, 1.807) is 31.1 Å². The van der Waals surface area contributed by atoms with Crippen molar-refractivity contribution in [2.75, 3.05) is 46.5 Å². The van der Waals surface area contributed by atoms with Crippen LogP contribution in [0.1, 0.15) is 68.8 Å². The first-order chi connectivity index (χ1) is 20.1. The van der Waals surface area contributed by atoms with Crippen LogP contribution in [0.25, 0.3) is 11.1 Å². The number of carbonyl (C=O) groups excluding carboxylic acids is 2. The first-order valence-electron chi connectivity index (χ1n) is 15.2. The third kappa shape index (κ3) is 8.08. The summed E-state index contributed by atoms with van der Waals surface area (Å²) in [4.78, 5) is 30.5. The molecule has 4 rings (SSSR count). The summed E-state index contributed by atoms with van der Waals surface area (Å²) < 4.78 is 26.6. The zero-order chi connectivity index (χ0) is 30.3. The molecule has 0 saturated carbocycles. The third-order valence-corrected chi connectivity index (χ3v) is 8.29. The number of halogens is 1. The number of ether oxygens (including phenoxy) is 2. The van der Waals surface area contributed by atoms with Gasteiger partial charge in [-0.25, -0.2) is 4.39 Å². The Bertz CT molecular complexity index is 1220. The fraction of sp³-hybridized carbons (Fsp3) is 0.576. The second kappa shape index (κ2) is 14.4. The van der Waals surface area contributed by atoms with Crippen molar-refractivity contribution in [2.24, 2.45) is 0 Å². The van der Waals surface area contributed by atoms with Gasteiger partial charge < -0.3 is 29.7 Å². The Morgan fingerprint density at radius 3 is 2.57 bits per heavy atom. The van der Waals surface area contributed by atoms with Gasteiger partial charge in [0, 0.05) is 68.5 Å². The van der Waals surface area contributed by atoms with Gasteiger partial charge in [0.1, 0.15) is 11.6 Å². The predicted molar refractivity (Wildman–Crippen MR) is 161 cm³/mol. The van der Waals surface area contributed by atoms with E-state index >= 15 is 4.39 Å². The molecule has 0 aliphatic carbocycles. The first kappa shape index (κ1) is 31.9. The van der Waals surface area contributed by atoms with Crippen LogP contribution in [0.4, 0.5) is 4.39 Å². The average Bonchev–Trinajstić information content (AvgIpc) is 2.96. The summed E-state index contributed by atoms with van der Waals surface area (Å²) in [5, 5.41) is 13.7. The Kier molecular flexibility index (Phi) is 11.0. The zero-order valence-corrected chi connectivity index (χ0v) is 25.5. The standard InChI is InChI=1S/C33H46FN3O5/c1-23(2)37(26-7-5-14-35-22-26)31(38)20-24-8-10-27(30(19-24)42-18-6-17-41-4)28-21-25(9-11-29(28)34)32(39)36-15-12-33(3,40)13-16-36/h8-11,19,21,23,26,35,40H,5-7,12-18,20,22H2,1-4H3/t26-/m1/s1. The van der Waals surface area contributed by atoms with E-state index in [1.165, 1.54) is 12.1 Å². The van der Waals surface area contributed by atoms with Crippen molar-refractivity contribution >= 4 is 11.8 Å². The molecule has 2 aliphatic heterocycles. The number of nitrogens with zero attached hydrogens (tertiary/aromatic N) is 2. The van der Waals surface area contributed by atoms with Crippen LogP contribution in [-0.2, 0) is 16.0 Å². The molecule has 2 aromatic rings. The van der Waals surface area contributed by atoms with Gasteiger partial charge in [-0.2, -0.15) is 0 Å². The van der Waals surface area contributed by atoms with E-state index in [4.69, 9.17) is 9.47 Å². The predicted octanol–water partition coefficient (Wildman–Crippen LogP) is 4.43. The molecule has 0 radical (unpaired) electrons. The second-order valence-electron chi connectivity index (χ2n) is 12.1. The van der Waals surface area contributed by atoms with E-state index in [1.807, 2.05) is 30.9 Å². The quantitative estimate of drug-likeness (QED) is 0.381. The highest BCUT2D eigenvalue weighted by atomic mass is 19.1. The maximum Gasteiger partial charge on any atom is 0.253 e. The van der Waals surface area contributed by atoms with E-state index in [-0.39, 0.29) is 35.9 Å². The van der Waals surface area contributed by atoms with Gasteiger partial charge in [0.2, 0.25) is 5.91 Å². The molecule has 230 valence electrons. The number of aliphatic hydroxyl groups is 1. The first-order valence-corrected chi connectivity index (χ1v) is 15.2. The van der Waals surface area contributed by atoms with Crippen LogP contribution < -0.4 is 10.1 Å². The van der Waals surface area contributed by atoms with Gasteiger partial charge in [0.05, 0.1) is 18.6 Å². The van der Waals surface area contributed by atoms with Crippen molar-refractivity contribution < 1.29 is 28.6 Å². The number of hydrogen-bond donors (Lipinski definition) is 2. The van der Waals surface area contributed by atoms with E-state index in [2.05, 4.69) is 5.32 Å². The summed E-state index contributed by atoms with van der Waals surface area (Å²) >= 11 is 0. The fourth-order valence-corrected chi connectivity index (χ4v) is 5.89. The average molecular weight is 584 g/mol. The lowest BCUT2D eigenvalue weighted by molar-refractivity contribution is -0.135. The number of nitrogens with one attached hydrogen (secondary N) is 1. The highest BCUT2D eigenvalue weighted by Crippen LogP contribution is 2.35. The summed E-state index contributed by atoms with van der Waals surface area (Å²) in [6, 6.07) is 10.1. The number of carbonyl (C=O) groups is 2. The Balaban J connectivity index is 1.60. The number of methoxy groups -OCH3 is 1. The molecule has 9 heteroatoms. The molecule has 2 saturated heterocycles. The number of benzene rings is 2. The van der Waals surface area contributed by atoms with E-state index in [0.717, 1.165) is 31.5 Å². The van der Waals surface area contributed by atoms with Crippen molar-refractivity contribution in [3.05, 3.63) is 53.3 Å². The lowest BCUT2D eigenvalue weighted by atomic mass is 9.93. The van der Waals surface area contributed by atoms with Crippen LogP contribution in [0.15, 0.2) is 36.4 Å². The molecular weight excluding hydrogens is 537 g/mol. The van der Waals surface area contributed by atoms with Gasteiger partial charge in [-0.05, 0) is 82.8 Å². The molecule has 0 aromatic heterocycles. The Labute approximate surface area is 249 Å². The van der Waals surface area contributed by atoms with Crippen molar-refractivity contribution in [1.29, 1.82) is 0 Å². The minimum absolute atomic E-state index is 0.0519. The Morgan fingerprint density at radius 1 is 1.14 bits per heavy atom. The van der Waals surface area contributed by atoms with Crippen LogP contribution in [0.5, 0.6) is 5.75 Å². The summed E-state index contributed by atoms with van der Waals surface area (Å²) in [6.07, 6.45) is 3.88. The molecule has 2 amide bonds. The van der Waals surface area contributed by atoms with Crippen LogP contribution in [0, 0.1) is 5.82 Å². The maximum absolute atomic E-state index is 15.3. The minimum atomic E-state index is -0.775. The van der Waals surface area contributed by atoms with E-state index in [9.17, 15) is 14.7 Å². The second-order valence-corrected chi connectivity index (χ2v) is 12.1. The lowest BCUT2D eigenvalue weighted by Crippen LogP contribution is -2.52. The summed E-state index contributed by atoms with van der Waals surface area (Å²) in [7, 11) is 1.63. The Hall–Kier alpha value is -3.01. The van der Waals surface area contributed by atoms with Crippen molar-refractivity contribution in [3.8, 4) is 16.9 Å². The van der Waals surface area contributed by atoms with Crippen molar-refractivity contribution in [2.45, 2.75) is 77.0 Å². The van der Waals surface area contributed by atoms with Crippen LogP contribution >= 0.6 is 0 Å². The van der Waals surface area contributed by atoms with Crippen molar-refractivity contribution in [3.63, 3.8) is 0 Å². The number of rotatable bonds is 11. The van der Waals surface area contributed by atoms with E-state index in [0.29, 0.717) is 62.4 Å². The number of hydrogen-bond acceptors (Lipinski definition) is 6. The highest BCUT2D eigenvalue weighted by molar-refractivity contribution is 5.96. The molecule has 2 N–H and O–H groups in total. The molecule has 2 heterocycles. The highest BCUT2D eigenvalue weighted by Gasteiger charge is 2.31. The third-order valence-electron chi connectivity index (χ3n) is 8.29. The fourth-order valence-electron chi connectivity index (χ4n) is 5.89. The molecule has 2 aromatic carbocycles. The van der Waals surface area contributed by atoms with Crippen LogP contribution in [-0.4, -0.2) is 90.9 Å². The molecule has 42 heavy (non-hydrogen) atoms. The summed E-state index contributed by atoms with van der Waals surface area (Å²) in [5.41, 5.74) is 1.18. The van der Waals surface area contributed by atoms with Crippen LogP contribution in [0.2, 0.25) is 0 Å². The molecule has 0 spiro atoms. The molecular formula is C33H46FN3O5. The van der Waals surface area contributed by atoms with Crippen LogP contribution in [0.3, 0.4) is 0 Å². The van der Waals surface area contributed by atoms with Gasteiger partial charge in [-0.3, -0.25) is 9.59 Å². The van der Waals surface area contributed by atoms with Gasteiger partial charge >= 0.3 is 0 Å². The van der Waals surface area contributed by atoms with E-state index < -0.39 is 11.4 Å². The zero-order valence-electron chi connectivity index (χ0n) is 25.5. The summed E-state index contributed by atoms with van der Waals surface area (Å²) in [6.45, 7) is 9.41. The maximum atomic E-state index is 15.3. The molecule has 1 atom stereocenters. The van der Waals surface area contributed by atoms with Gasteiger partial charge in [0.15, 0.2) is 0 Å². The molecule has 0 unspecified atom stereocenters. The minimum Gasteiger partial charge on any atom is -0.493 e. The number of likely N-dealkylation sites (tertiary alicyclic amines) is 1. The van der Waals surface area contributed by atoms with Gasteiger partial charge in [-0.1, -0.05) is 12.1 Å².